The molecule has 1 heterocycles. The van der Waals surface area contributed by atoms with Crippen molar-refractivity contribution in [1.29, 1.82) is 0 Å². The lowest BCUT2D eigenvalue weighted by atomic mass is 10.1. The van der Waals surface area contributed by atoms with E-state index in [9.17, 15) is 0 Å². The normalized spacial score (nSPS) is 19.2. The Morgan fingerprint density at radius 2 is 1.76 bits per heavy atom. The van der Waals surface area contributed by atoms with E-state index < -0.39 is 0 Å². The van der Waals surface area contributed by atoms with Gasteiger partial charge in [-0.3, -0.25) is 0 Å². The predicted octanol–water partition coefficient (Wildman–Crippen LogP) is 3.30. The molecule has 0 spiro atoms. The first-order valence-corrected chi connectivity index (χ1v) is 6.89. The number of piperidine rings is 1. The van der Waals surface area contributed by atoms with Gasteiger partial charge < -0.3 is 0 Å². The van der Waals surface area contributed by atoms with E-state index in [0.29, 0.717) is 6.04 Å². The minimum atomic E-state index is 0.416. The lowest BCUT2D eigenvalue weighted by molar-refractivity contribution is 0.133. The van der Waals surface area contributed by atoms with Crippen LogP contribution in [0.4, 0.5) is 0 Å². The molecular weight excluding hydrogens is 208 g/mol. The highest BCUT2D eigenvalue weighted by Crippen LogP contribution is 2.16. The van der Waals surface area contributed by atoms with E-state index in [4.69, 9.17) is 0 Å². The Morgan fingerprint density at radius 1 is 1.12 bits per heavy atom. The van der Waals surface area contributed by atoms with E-state index >= 15 is 0 Å². The second kappa shape index (κ2) is 6.18. The first-order valence-electron chi connectivity index (χ1n) is 6.89. The molecule has 0 aromatic heterocycles. The molecule has 1 N–H and O–H groups in total. The van der Waals surface area contributed by atoms with Crippen molar-refractivity contribution in [3.05, 3.63) is 35.4 Å². The lowest BCUT2D eigenvalue weighted by Gasteiger charge is -2.30. The van der Waals surface area contributed by atoms with E-state index in [-0.39, 0.29) is 0 Å². The van der Waals surface area contributed by atoms with Gasteiger partial charge >= 0.3 is 0 Å². The Morgan fingerprint density at radius 3 is 2.35 bits per heavy atom. The number of benzene rings is 1. The van der Waals surface area contributed by atoms with Crippen LogP contribution in [-0.4, -0.2) is 18.1 Å². The van der Waals surface area contributed by atoms with E-state index in [1.54, 1.807) is 0 Å². The SMILES string of the molecule is CCc1ccc(C(C)NN2CCCCC2)cc1. The standard InChI is InChI=1S/C15H24N2/c1-3-14-7-9-15(10-8-14)13(2)16-17-11-5-4-6-12-17/h7-10,13,16H,3-6,11-12H2,1-2H3. The Hall–Kier alpha value is -0.860. The van der Waals surface area contributed by atoms with Crippen LogP contribution in [0.5, 0.6) is 0 Å². The van der Waals surface area contributed by atoms with Crippen molar-refractivity contribution in [2.45, 2.75) is 45.6 Å². The van der Waals surface area contributed by atoms with Gasteiger partial charge in [0.15, 0.2) is 0 Å². The van der Waals surface area contributed by atoms with E-state index in [1.165, 1.54) is 43.5 Å². The van der Waals surface area contributed by atoms with Crippen molar-refractivity contribution in [1.82, 2.24) is 10.4 Å². The highest BCUT2D eigenvalue weighted by Gasteiger charge is 2.13. The van der Waals surface area contributed by atoms with Crippen molar-refractivity contribution < 1.29 is 0 Å². The molecule has 0 radical (unpaired) electrons. The quantitative estimate of drug-likeness (QED) is 0.857. The van der Waals surface area contributed by atoms with Crippen LogP contribution in [0.25, 0.3) is 0 Å². The summed E-state index contributed by atoms with van der Waals surface area (Å²) < 4.78 is 0. The summed E-state index contributed by atoms with van der Waals surface area (Å²) in [7, 11) is 0. The van der Waals surface area contributed by atoms with Crippen LogP contribution in [-0.2, 0) is 6.42 Å². The second-order valence-corrected chi connectivity index (χ2v) is 4.99. The van der Waals surface area contributed by atoms with Crippen molar-refractivity contribution in [3.63, 3.8) is 0 Å². The number of aryl methyl sites for hydroxylation is 1. The van der Waals surface area contributed by atoms with E-state index in [0.717, 1.165) is 6.42 Å². The van der Waals surface area contributed by atoms with Crippen LogP contribution in [0.1, 0.15) is 50.3 Å². The van der Waals surface area contributed by atoms with Gasteiger partial charge in [0.25, 0.3) is 0 Å². The fraction of sp³-hybridized carbons (Fsp3) is 0.600. The lowest BCUT2D eigenvalue weighted by Crippen LogP contribution is -2.42. The molecule has 0 amide bonds. The van der Waals surface area contributed by atoms with Gasteiger partial charge in [-0.2, -0.15) is 0 Å². The first kappa shape index (κ1) is 12.6. The highest BCUT2D eigenvalue weighted by molar-refractivity contribution is 5.24. The summed E-state index contributed by atoms with van der Waals surface area (Å²) in [6, 6.07) is 9.40. The van der Waals surface area contributed by atoms with Crippen LogP contribution in [0.2, 0.25) is 0 Å². The third-order valence-corrected chi connectivity index (χ3v) is 3.62. The van der Waals surface area contributed by atoms with E-state index in [2.05, 4.69) is 48.5 Å². The van der Waals surface area contributed by atoms with Crippen LogP contribution >= 0.6 is 0 Å². The molecule has 0 saturated carbocycles. The molecule has 1 unspecified atom stereocenters. The molecule has 2 heteroatoms. The monoisotopic (exact) mass is 232 g/mol. The summed E-state index contributed by atoms with van der Waals surface area (Å²) in [5, 5.41) is 2.38. The van der Waals surface area contributed by atoms with Gasteiger partial charge in [0.2, 0.25) is 0 Å². The maximum atomic E-state index is 3.61. The molecule has 1 aromatic rings. The Kier molecular flexibility index (Phi) is 4.57. The predicted molar refractivity (Wildman–Crippen MR) is 72.8 cm³/mol. The Balaban J connectivity index is 1.91. The van der Waals surface area contributed by atoms with Gasteiger partial charge in [-0.15, -0.1) is 0 Å². The first-order chi connectivity index (χ1) is 8.29. The average Bonchev–Trinajstić information content (AvgIpc) is 2.40. The van der Waals surface area contributed by atoms with Crippen molar-refractivity contribution in [2.24, 2.45) is 0 Å². The third kappa shape index (κ3) is 3.55. The smallest absolute Gasteiger partial charge is 0.0436 e. The third-order valence-electron chi connectivity index (χ3n) is 3.62. The Labute approximate surface area is 105 Å². The molecule has 0 bridgehead atoms. The number of nitrogens with one attached hydrogen (secondary N) is 1. The van der Waals surface area contributed by atoms with Crippen molar-refractivity contribution in [3.8, 4) is 0 Å². The summed E-state index contributed by atoms with van der Waals surface area (Å²) >= 11 is 0. The molecule has 94 valence electrons. The highest BCUT2D eigenvalue weighted by atomic mass is 15.5. The minimum absolute atomic E-state index is 0.416. The van der Waals surface area contributed by atoms with Crippen LogP contribution < -0.4 is 5.43 Å². The molecule has 1 saturated heterocycles. The van der Waals surface area contributed by atoms with Crippen molar-refractivity contribution >= 4 is 0 Å². The zero-order valence-electron chi connectivity index (χ0n) is 11.1. The topological polar surface area (TPSA) is 15.3 Å². The van der Waals surface area contributed by atoms with Gasteiger partial charge in [-0.25, -0.2) is 10.4 Å². The number of hydrogen-bond donors (Lipinski definition) is 1. The number of rotatable bonds is 4. The van der Waals surface area contributed by atoms with Crippen LogP contribution in [0.3, 0.4) is 0 Å². The molecule has 1 aliphatic heterocycles. The molecular formula is C15H24N2. The fourth-order valence-corrected chi connectivity index (χ4v) is 2.41. The maximum absolute atomic E-state index is 3.61. The largest absolute Gasteiger partial charge is 0.248 e. The fourth-order valence-electron chi connectivity index (χ4n) is 2.41. The molecule has 2 rings (SSSR count). The maximum Gasteiger partial charge on any atom is 0.0436 e. The van der Waals surface area contributed by atoms with Gasteiger partial charge in [0.05, 0.1) is 0 Å². The van der Waals surface area contributed by atoms with E-state index in [1.807, 2.05) is 0 Å². The molecule has 1 aliphatic rings. The van der Waals surface area contributed by atoms with Gasteiger partial charge in [-0.05, 0) is 37.3 Å². The molecule has 2 nitrogen and oxygen atoms in total. The molecule has 17 heavy (non-hydrogen) atoms. The van der Waals surface area contributed by atoms with Crippen molar-refractivity contribution in [2.75, 3.05) is 13.1 Å². The Bertz CT molecular complexity index is 325. The summed E-state index contributed by atoms with van der Waals surface area (Å²) in [5.41, 5.74) is 6.40. The van der Waals surface area contributed by atoms with Gasteiger partial charge in [0, 0.05) is 19.1 Å². The number of hydrogen-bond acceptors (Lipinski definition) is 2. The van der Waals surface area contributed by atoms with Crippen LogP contribution in [0, 0.1) is 0 Å². The van der Waals surface area contributed by atoms with Gasteiger partial charge in [0.1, 0.15) is 0 Å². The summed E-state index contributed by atoms with van der Waals surface area (Å²) in [6.07, 6.45) is 5.16. The second-order valence-electron chi connectivity index (χ2n) is 4.99. The zero-order chi connectivity index (χ0) is 12.1. The summed E-state index contributed by atoms with van der Waals surface area (Å²) in [4.78, 5) is 0. The van der Waals surface area contributed by atoms with Crippen LogP contribution in [0.15, 0.2) is 24.3 Å². The summed E-state index contributed by atoms with van der Waals surface area (Å²) in [5.74, 6) is 0. The zero-order valence-corrected chi connectivity index (χ0v) is 11.1. The number of hydrazine groups is 1. The molecule has 0 aliphatic carbocycles. The summed E-state index contributed by atoms with van der Waals surface area (Å²) in [6.45, 7) is 6.83. The molecule has 1 atom stereocenters. The average molecular weight is 232 g/mol. The minimum Gasteiger partial charge on any atom is -0.248 e. The van der Waals surface area contributed by atoms with Gasteiger partial charge in [-0.1, -0.05) is 37.6 Å². The molecule has 1 aromatic carbocycles. The molecule has 1 fully saturated rings. The number of nitrogens with zero attached hydrogens (tertiary/aromatic N) is 1.